The Kier molecular flexibility index (Phi) is 8.48. The summed E-state index contributed by atoms with van der Waals surface area (Å²) in [5, 5.41) is 2.65. The Morgan fingerprint density at radius 1 is 1.28 bits per heavy atom. The Bertz CT molecular complexity index is 596. The highest BCUT2D eigenvalue weighted by atomic mass is 35.5. The molecule has 0 aliphatic heterocycles. The van der Waals surface area contributed by atoms with Crippen LogP contribution in [-0.4, -0.2) is 37.6 Å². The van der Waals surface area contributed by atoms with E-state index in [1.54, 1.807) is 33.8 Å². The topological polar surface area (TPSA) is 73.9 Å². The minimum absolute atomic E-state index is 0.192. The molecule has 0 saturated carbocycles. The van der Waals surface area contributed by atoms with Crippen LogP contribution in [0.3, 0.4) is 0 Å². The first-order valence-corrected chi connectivity index (χ1v) is 8.32. The van der Waals surface area contributed by atoms with Crippen molar-refractivity contribution in [2.75, 3.05) is 18.6 Å². The van der Waals surface area contributed by atoms with Gasteiger partial charge in [-0.05, 0) is 26.0 Å². The van der Waals surface area contributed by atoms with Crippen molar-refractivity contribution >= 4 is 29.4 Å². The van der Waals surface area contributed by atoms with Crippen molar-refractivity contribution in [1.29, 1.82) is 0 Å². The molecule has 6 nitrogen and oxygen atoms in total. The highest BCUT2D eigenvalue weighted by Crippen LogP contribution is 2.27. The fourth-order valence-corrected chi connectivity index (χ4v) is 2.09. The molecular formula is C17H23ClFNO5. The van der Waals surface area contributed by atoms with Gasteiger partial charge in [0.2, 0.25) is 6.10 Å². The zero-order chi connectivity index (χ0) is 19.0. The highest BCUT2D eigenvalue weighted by molar-refractivity contribution is 6.33. The zero-order valence-corrected chi connectivity index (χ0v) is 15.4. The number of benzene rings is 1. The van der Waals surface area contributed by atoms with Crippen LogP contribution in [0.1, 0.15) is 27.7 Å². The third-order valence-corrected chi connectivity index (χ3v) is 3.40. The van der Waals surface area contributed by atoms with Crippen LogP contribution in [0.4, 0.5) is 14.9 Å². The summed E-state index contributed by atoms with van der Waals surface area (Å²) < 4.78 is 27.8. The predicted molar refractivity (Wildman–Crippen MR) is 92.9 cm³/mol. The molecule has 1 N–H and O–H groups in total. The van der Waals surface area contributed by atoms with E-state index in [2.05, 4.69) is 5.32 Å². The lowest BCUT2D eigenvalue weighted by Gasteiger charge is -2.20. The number of amides is 1. The number of alkyl halides is 1. The van der Waals surface area contributed by atoms with Gasteiger partial charge in [-0.3, -0.25) is 5.32 Å². The molecule has 2 atom stereocenters. The molecule has 0 saturated heterocycles. The van der Waals surface area contributed by atoms with Gasteiger partial charge in [-0.1, -0.05) is 25.4 Å². The van der Waals surface area contributed by atoms with Crippen molar-refractivity contribution in [3.63, 3.8) is 0 Å². The molecule has 25 heavy (non-hydrogen) atoms. The number of nitrogens with one attached hydrogen (secondary N) is 1. The average Bonchev–Trinajstić information content (AvgIpc) is 2.54. The largest absolute Gasteiger partial charge is 0.488 e. The number of halogens is 2. The van der Waals surface area contributed by atoms with E-state index in [1.165, 1.54) is 12.1 Å². The van der Waals surface area contributed by atoms with Crippen LogP contribution in [0.5, 0.6) is 5.75 Å². The quantitative estimate of drug-likeness (QED) is 0.689. The van der Waals surface area contributed by atoms with E-state index in [1.807, 2.05) is 0 Å². The van der Waals surface area contributed by atoms with Crippen molar-refractivity contribution in [3.05, 3.63) is 23.2 Å². The van der Waals surface area contributed by atoms with Crippen molar-refractivity contribution in [1.82, 2.24) is 0 Å². The van der Waals surface area contributed by atoms with Crippen molar-refractivity contribution in [3.8, 4) is 5.75 Å². The molecule has 0 fully saturated rings. The van der Waals surface area contributed by atoms with E-state index in [9.17, 15) is 14.0 Å². The number of hydrogen-bond acceptors (Lipinski definition) is 5. The smallest absolute Gasteiger partial charge is 0.412 e. The molecule has 0 spiro atoms. The van der Waals surface area contributed by atoms with Gasteiger partial charge in [0.25, 0.3) is 0 Å². The standard InChI is InChI=1S/C17H23ClFNO5/c1-5-23-16(21)15(10(2)3)25-17(22)20-14-7-6-12(8-13(14)18)24-11(4)9-19/h6-8,10-11,15H,5,9H2,1-4H3,(H,20,22). The van der Waals surface area contributed by atoms with Crippen LogP contribution in [0.25, 0.3) is 0 Å². The van der Waals surface area contributed by atoms with Crippen LogP contribution < -0.4 is 10.1 Å². The molecule has 1 aromatic carbocycles. The predicted octanol–water partition coefficient (Wildman–Crippen LogP) is 4.21. The maximum absolute atomic E-state index is 12.5. The van der Waals surface area contributed by atoms with E-state index in [0.717, 1.165) is 0 Å². The van der Waals surface area contributed by atoms with Crippen LogP contribution in [0.2, 0.25) is 5.02 Å². The lowest BCUT2D eigenvalue weighted by Crippen LogP contribution is -2.35. The number of rotatable bonds is 8. The van der Waals surface area contributed by atoms with E-state index < -0.39 is 30.9 Å². The first-order valence-electron chi connectivity index (χ1n) is 7.94. The summed E-state index contributed by atoms with van der Waals surface area (Å²) in [5.74, 6) is -0.485. The molecule has 2 unspecified atom stereocenters. The Labute approximate surface area is 151 Å². The van der Waals surface area contributed by atoms with Gasteiger partial charge in [-0.15, -0.1) is 0 Å². The zero-order valence-electron chi connectivity index (χ0n) is 14.7. The van der Waals surface area contributed by atoms with Crippen molar-refractivity contribution < 1.29 is 28.2 Å². The molecule has 0 aromatic heterocycles. The molecule has 0 radical (unpaired) electrons. The Hall–Kier alpha value is -2.02. The second-order valence-electron chi connectivity index (χ2n) is 5.67. The summed E-state index contributed by atoms with van der Waals surface area (Å²) in [6, 6.07) is 4.49. The van der Waals surface area contributed by atoms with Crippen LogP contribution >= 0.6 is 11.6 Å². The summed E-state index contributed by atoms with van der Waals surface area (Å²) in [6.07, 6.45) is -2.46. The van der Waals surface area contributed by atoms with Gasteiger partial charge in [-0.2, -0.15) is 0 Å². The van der Waals surface area contributed by atoms with Crippen molar-refractivity contribution in [2.24, 2.45) is 5.92 Å². The third-order valence-electron chi connectivity index (χ3n) is 3.09. The lowest BCUT2D eigenvalue weighted by atomic mass is 10.1. The SMILES string of the molecule is CCOC(=O)C(OC(=O)Nc1ccc(OC(C)CF)cc1Cl)C(C)C. The number of hydrogen-bond donors (Lipinski definition) is 1. The normalized spacial score (nSPS) is 13.1. The van der Waals surface area contributed by atoms with Gasteiger partial charge < -0.3 is 14.2 Å². The van der Waals surface area contributed by atoms with E-state index >= 15 is 0 Å². The molecule has 0 aliphatic rings. The van der Waals surface area contributed by atoms with E-state index in [4.69, 9.17) is 25.8 Å². The van der Waals surface area contributed by atoms with Crippen LogP contribution in [0, 0.1) is 5.92 Å². The number of carbonyl (C=O) groups excluding carboxylic acids is 2. The minimum Gasteiger partial charge on any atom is -0.488 e. The van der Waals surface area contributed by atoms with Crippen LogP contribution in [-0.2, 0) is 14.3 Å². The third kappa shape index (κ3) is 6.78. The molecule has 1 rings (SSSR count). The number of carbonyl (C=O) groups is 2. The van der Waals surface area contributed by atoms with Gasteiger partial charge in [0.05, 0.1) is 17.3 Å². The fraction of sp³-hybridized carbons (Fsp3) is 0.529. The molecule has 1 amide bonds. The maximum atomic E-state index is 12.5. The van der Waals surface area contributed by atoms with Gasteiger partial charge in [0.15, 0.2) is 0 Å². The maximum Gasteiger partial charge on any atom is 0.412 e. The Balaban J connectivity index is 2.74. The van der Waals surface area contributed by atoms with Gasteiger partial charge in [0.1, 0.15) is 18.5 Å². The van der Waals surface area contributed by atoms with E-state index in [0.29, 0.717) is 5.75 Å². The van der Waals surface area contributed by atoms with Gasteiger partial charge >= 0.3 is 12.1 Å². The molecule has 140 valence electrons. The first-order chi connectivity index (χ1) is 11.8. The average molecular weight is 376 g/mol. The summed E-state index contributed by atoms with van der Waals surface area (Å²) in [5.41, 5.74) is 0.276. The van der Waals surface area contributed by atoms with E-state index in [-0.39, 0.29) is 23.2 Å². The lowest BCUT2D eigenvalue weighted by molar-refractivity contribution is -0.155. The highest BCUT2D eigenvalue weighted by Gasteiger charge is 2.28. The molecule has 0 heterocycles. The fourth-order valence-electron chi connectivity index (χ4n) is 1.87. The minimum atomic E-state index is -1.02. The van der Waals surface area contributed by atoms with Crippen LogP contribution in [0.15, 0.2) is 18.2 Å². The number of esters is 1. The number of anilines is 1. The Morgan fingerprint density at radius 3 is 2.48 bits per heavy atom. The molecule has 0 aliphatic carbocycles. The Morgan fingerprint density at radius 2 is 1.96 bits per heavy atom. The second kappa shape index (κ2) is 10.1. The summed E-state index contributed by atoms with van der Waals surface area (Å²) in [4.78, 5) is 23.8. The molecule has 0 bridgehead atoms. The number of ether oxygens (including phenoxy) is 3. The van der Waals surface area contributed by atoms with Gasteiger partial charge in [0, 0.05) is 12.0 Å². The summed E-state index contributed by atoms with van der Waals surface area (Å²) >= 11 is 6.08. The monoisotopic (exact) mass is 375 g/mol. The summed E-state index contributed by atoms with van der Waals surface area (Å²) in [6.45, 7) is 6.29. The van der Waals surface area contributed by atoms with Gasteiger partial charge in [-0.25, -0.2) is 14.0 Å². The second-order valence-corrected chi connectivity index (χ2v) is 6.08. The van der Waals surface area contributed by atoms with Crippen molar-refractivity contribution in [2.45, 2.75) is 39.9 Å². The summed E-state index contributed by atoms with van der Waals surface area (Å²) in [7, 11) is 0. The molecule has 8 heteroatoms. The molecular weight excluding hydrogens is 353 g/mol. The first kappa shape index (κ1) is 21.0. The molecule has 1 aromatic rings.